The van der Waals surface area contributed by atoms with Crippen LogP contribution in [0.4, 0.5) is 0 Å². The molecule has 0 unspecified atom stereocenters. The maximum absolute atomic E-state index is 6.58. The zero-order valence-corrected chi connectivity index (χ0v) is 23.1. The molecule has 4 rings (SSSR count). The predicted molar refractivity (Wildman–Crippen MR) is 159 cm³/mol. The van der Waals surface area contributed by atoms with Crippen LogP contribution >= 0.6 is 11.6 Å². The highest BCUT2D eigenvalue weighted by Gasteiger charge is 2.19. The lowest BCUT2D eigenvalue weighted by Gasteiger charge is -2.38. The molecule has 4 nitrogen and oxygen atoms in total. The molecule has 5 heteroatoms. The number of piperazine rings is 1. The Hall–Kier alpha value is -3.24. The fourth-order valence-corrected chi connectivity index (χ4v) is 4.04. The molecule has 2 aromatic carbocycles. The summed E-state index contributed by atoms with van der Waals surface area (Å²) in [6, 6.07) is 16.6. The van der Waals surface area contributed by atoms with E-state index in [2.05, 4.69) is 99.4 Å². The van der Waals surface area contributed by atoms with Crippen molar-refractivity contribution < 1.29 is 0 Å². The number of pyridine rings is 1. The first-order valence-corrected chi connectivity index (χ1v) is 13.0. The van der Waals surface area contributed by atoms with Gasteiger partial charge in [0.05, 0.1) is 16.2 Å². The summed E-state index contributed by atoms with van der Waals surface area (Å²) < 4.78 is 0. The van der Waals surface area contributed by atoms with Crippen LogP contribution in [0.1, 0.15) is 44.7 Å². The summed E-state index contributed by atoms with van der Waals surface area (Å²) in [6.45, 7) is 23.9. The number of aryl methyl sites for hydroxylation is 1. The molecule has 0 atom stereocenters. The van der Waals surface area contributed by atoms with Gasteiger partial charge in [-0.05, 0) is 37.7 Å². The Labute approximate surface area is 222 Å². The fourth-order valence-electron chi connectivity index (χ4n) is 3.78. The number of hydrogen-bond acceptors (Lipinski definition) is 4. The normalized spacial score (nSPS) is 12.7. The minimum atomic E-state index is 0.720. The standard InChI is InChI=1S/C25H26ClN3.C4H10.C2H5N/c1-17(2)28-11-13-29(14-12-28)19(4)21-9-10-22-23(26)16-24(27-25(22)15-21)20-7-5-18(3)6-8-20;1-3-4-2;1-2-3/h5-10,15-16H,1,4,11-14H2,2-3H3;3-4H2,1-2H3;2H,1,3H2. The van der Waals surface area contributed by atoms with Crippen LogP contribution in [0.25, 0.3) is 27.9 Å². The van der Waals surface area contributed by atoms with Crippen molar-refractivity contribution in [1.29, 1.82) is 0 Å². The fraction of sp³-hybridized carbons (Fsp3) is 0.323. The van der Waals surface area contributed by atoms with Crippen molar-refractivity contribution in [2.75, 3.05) is 26.2 Å². The number of allylic oxidation sites excluding steroid dienone is 1. The molecule has 0 saturated carbocycles. The summed E-state index contributed by atoms with van der Waals surface area (Å²) in [6.07, 6.45) is 3.89. The lowest BCUT2D eigenvalue weighted by Crippen LogP contribution is -2.44. The van der Waals surface area contributed by atoms with Crippen molar-refractivity contribution in [3.05, 3.63) is 96.3 Å². The molecule has 2 N–H and O–H groups in total. The van der Waals surface area contributed by atoms with Gasteiger partial charge in [0.25, 0.3) is 0 Å². The van der Waals surface area contributed by atoms with Crippen molar-refractivity contribution in [3.63, 3.8) is 0 Å². The van der Waals surface area contributed by atoms with E-state index in [0.29, 0.717) is 0 Å². The molecule has 1 saturated heterocycles. The monoisotopic (exact) mass is 504 g/mol. The third-order valence-corrected chi connectivity index (χ3v) is 6.45. The Morgan fingerprint density at radius 3 is 2.06 bits per heavy atom. The van der Waals surface area contributed by atoms with Crippen LogP contribution in [0.3, 0.4) is 0 Å². The molecule has 0 radical (unpaired) electrons. The van der Waals surface area contributed by atoms with Crippen molar-refractivity contribution in [2.24, 2.45) is 5.73 Å². The van der Waals surface area contributed by atoms with Gasteiger partial charge in [-0.2, -0.15) is 0 Å². The van der Waals surface area contributed by atoms with Gasteiger partial charge in [0.15, 0.2) is 0 Å². The summed E-state index contributed by atoms with van der Waals surface area (Å²) in [7, 11) is 0. The molecular weight excluding hydrogens is 464 g/mol. The van der Waals surface area contributed by atoms with Gasteiger partial charge in [0.1, 0.15) is 0 Å². The van der Waals surface area contributed by atoms with E-state index >= 15 is 0 Å². The molecule has 2 heterocycles. The number of nitrogens with two attached hydrogens (primary N) is 1. The van der Waals surface area contributed by atoms with Gasteiger partial charge >= 0.3 is 0 Å². The van der Waals surface area contributed by atoms with Crippen molar-refractivity contribution >= 4 is 28.2 Å². The predicted octanol–water partition coefficient (Wildman–Crippen LogP) is 7.88. The molecule has 1 aliphatic rings. The quantitative estimate of drug-likeness (QED) is 0.383. The first-order valence-electron chi connectivity index (χ1n) is 12.6. The molecule has 0 bridgehead atoms. The first-order chi connectivity index (χ1) is 17.2. The van der Waals surface area contributed by atoms with Gasteiger partial charge in [-0.25, -0.2) is 4.98 Å². The molecular formula is C31H41ClN4. The van der Waals surface area contributed by atoms with Crippen molar-refractivity contribution in [3.8, 4) is 11.3 Å². The average molecular weight is 505 g/mol. The minimum Gasteiger partial charge on any atom is -0.405 e. The highest BCUT2D eigenvalue weighted by molar-refractivity contribution is 6.35. The highest BCUT2D eigenvalue weighted by Crippen LogP contribution is 2.31. The number of nitrogens with zero attached hydrogens (tertiary/aromatic N) is 3. The van der Waals surface area contributed by atoms with Crippen molar-refractivity contribution in [2.45, 2.75) is 40.5 Å². The van der Waals surface area contributed by atoms with Crippen LogP contribution < -0.4 is 5.73 Å². The number of unbranched alkanes of at least 4 members (excludes halogenated alkanes) is 1. The molecule has 0 spiro atoms. The van der Waals surface area contributed by atoms with E-state index < -0.39 is 0 Å². The van der Waals surface area contributed by atoms with E-state index in [1.54, 1.807) is 0 Å². The van der Waals surface area contributed by atoms with Crippen LogP contribution in [0.5, 0.6) is 0 Å². The van der Waals surface area contributed by atoms with E-state index in [1.807, 2.05) is 12.1 Å². The van der Waals surface area contributed by atoms with Crippen LogP contribution in [0.15, 0.2) is 80.2 Å². The maximum atomic E-state index is 6.58. The van der Waals surface area contributed by atoms with Crippen LogP contribution in [-0.4, -0.2) is 41.0 Å². The first kappa shape index (κ1) is 29.0. The van der Waals surface area contributed by atoms with Gasteiger partial charge in [-0.15, -0.1) is 0 Å². The number of rotatable bonds is 5. The van der Waals surface area contributed by atoms with Gasteiger partial charge in [0, 0.05) is 48.5 Å². The molecule has 0 aliphatic carbocycles. The average Bonchev–Trinajstić information content (AvgIpc) is 2.89. The SMILES string of the molecule is C=C(C)N1CCN(C(=C)c2ccc3c(Cl)cc(-c4ccc(C)cc4)nc3c2)CC1.C=CN.CCCC. The summed E-state index contributed by atoms with van der Waals surface area (Å²) in [4.78, 5) is 9.55. The van der Waals surface area contributed by atoms with E-state index in [1.165, 1.54) is 24.6 Å². The molecule has 0 amide bonds. The number of hydrogen-bond donors (Lipinski definition) is 1. The summed E-state index contributed by atoms with van der Waals surface area (Å²) in [5, 5.41) is 1.68. The Morgan fingerprint density at radius 1 is 0.972 bits per heavy atom. The van der Waals surface area contributed by atoms with Crippen LogP contribution in [0.2, 0.25) is 5.02 Å². The molecule has 36 heavy (non-hydrogen) atoms. The molecule has 1 fully saturated rings. The molecule has 1 aliphatic heterocycles. The largest absolute Gasteiger partial charge is 0.405 e. The Kier molecular flexibility index (Phi) is 11.6. The second-order valence-corrected chi connectivity index (χ2v) is 9.39. The van der Waals surface area contributed by atoms with Gasteiger partial charge in [-0.1, -0.05) is 100.0 Å². The summed E-state index contributed by atoms with van der Waals surface area (Å²) >= 11 is 6.58. The van der Waals surface area contributed by atoms with Gasteiger partial charge in [0.2, 0.25) is 0 Å². The lowest BCUT2D eigenvalue weighted by molar-refractivity contribution is 0.215. The van der Waals surface area contributed by atoms with E-state index in [0.717, 1.165) is 70.3 Å². The summed E-state index contributed by atoms with van der Waals surface area (Å²) in [5.74, 6) is 0. The summed E-state index contributed by atoms with van der Waals surface area (Å²) in [5.41, 5.74) is 11.9. The molecule has 192 valence electrons. The number of fused-ring (bicyclic) bond motifs is 1. The van der Waals surface area contributed by atoms with Crippen LogP contribution in [0, 0.1) is 6.92 Å². The van der Waals surface area contributed by atoms with E-state index in [4.69, 9.17) is 16.6 Å². The topological polar surface area (TPSA) is 45.4 Å². The zero-order chi connectivity index (χ0) is 26.7. The second kappa shape index (κ2) is 14.4. The number of aromatic nitrogens is 1. The molecule has 3 aromatic rings. The number of halogens is 1. The Balaban J connectivity index is 0.000000583. The smallest absolute Gasteiger partial charge is 0.0731 e. The van der Waals surface area contributed by atoms with Gasteiger partial charge in [-0.3, -0.25) is 0 Å². The maximum Gasteiger partial charge on any atom is 0.0731 e. The zero-order valence-electron chi connectivity index (χ0n) is 22.4. The van der Waals surface area contributed by atoms with Crippen LogP contribution in [-0.2, 0) is 0 Å². The lowest BCUT2D eigenvalue weighted by atomic mass is 10.0. The van der Waals surface area contributed by atoms with E-state index in [9.17, 15) is 0 Å². The highest BCUT2D eigenvalue weighted by atomic mass is 35.5. The third-order valence-electron chi connectivity index (χ3n) is 6.14. The Morgan fingerprint density at radius 2 is 1.53 bits per heavy atom. The Bertz CT molecular complexity index is 1160. The second-order valence-electron chi connectivity index (χ2n) is 8.98. The molecule has 1 aromatic heterocycles. The minimum absolute atomic E-state index is 0.720. The van der Waals surface area contributed by atoms with Crippen molar-refractivity contribution in [1.82, 2.24) is 14.8 Å². The number of benzene rings is 2. The van der Waals surface area contributed by atoms with E-state index in [-0.39, 0.29) is 0 Å². The van der Waals surface area contributed by atoms with Gasteiger partial charge < -0.3 is 15.5 Å². The third kappa shape index (κ3) is 7.89.